The lowest BCUT2D eigenvalue weighted by molar-refractivity contribution is 0.107. The zero-order chi connectivity index (χ0) is 16.0. The minimum absolute atomic E-state index is 0.102. The van der Waals surface area contributed by atoms with Crippen LogP contribution in [0.5, 0.6) is 0 Å². The Morgan fingerprint density at radius 2 is 1.86 bits per heavy atom. The summed E-state index contributed by atoms with van der Waals surface area (Å²) in [7, 11) is 1.37. The monoisotopic (exact) mass is 298 g/mol. The number of amides is 2. The van der Waals surface area contributed by atoms with Gasteiger partial charge in [-0.1, -0.05) is 44.2 Å². The molecule has 0 aliphatic heterocycles. The average Bonchev–Trinajstić information content (AvgIpc) is 2.38. The maximum atomic E-state index is 12.3. The van der Waals surface area contributed by atoms with Crippen molar-refractivity contribution in [3.63, 3.8) is 0 Å². The SMILES string of the molecule is CC(CC(C)(C)c1ccccc1)NC(=O)N(C)CC(F)F. The topological polar surface area (TPSA) is 32.3 Å². The predicted octanol–water partition coefficient (Wildman–Crippen LogP) is 3.65. The van der Waals surface area contributed by atoms with Crippen LogP contribution in [0.15, 0.2) is 30.3 Å². The summed E-state index contributed by atoms with van der Waals surface area (Å²) in [4.78, 5) is 12.8. The van der Waals surface area contributed by atoms with Crippen LogP contribution in [0.4, 0.5) is 13.6 Å². The van der Waals surface area contributed by atoms with Crippen molar-refractivity contribution < 1.29 is 13.6 Å². The van der Waals surface area contributed by atoms with E-state index in [1.54, 1.807) is 0 Å². The Bertz CT molecular complexity index is 449. The standard InChI is InChI=1S/C16H24F2N2O/c1-12(19-15(21)20(4)11-14(17)18)10-16(2,3)13-8-6-5-7-9-13/h5-9,12,14H,10-11H2,1-4H3,(H,19,21). The Hall–Kier alpha value is -1.65. The number of rotatable bonds is 6. The lowest BCUT2D eigenvalue weighted by atomic mass is 9.79. The zero-order valence-electron chi connectivity index (χ0n) is 13.1. The van der Waals surface area contributed by atoms with Crippen LogP contribution in [-0.4, -0.2) is 37.0 Å². The number of nitrogens with zero attached hydrogens (tertiary/aromatic N) is 1. The number of hydrogen-bond donors (Lipinski definition) is 1. The van der Waals surface area contributed by atoms with Crippen LogP contribution in [0.3, 0.4) is 0 Å². The summed E-state index contributed by atoms with van der Waals surface area (Å²) in [5, 5.41) is 2.76. The summed E-state index contributed by atoms with van der Waals surface area (Å²) in [6, 6.07) is 9.46. The van der Waals surface area contributed by atoms with E-state index in [-0.39, 0.29) is 11.5 Å². The van der Waals surface area contributed by atoms with E-state index in [0.29, 0.717) is 0 Å². The number of alkyl halides is 2. The first kappa shape index (κ1) is 17.4. The van der Waals surface area contributed by atoms with Gasteiger partial charge >= 0.3 is 6.03 Å². The summed E-state index contributed by atoms with van der Waals surface area (Å²) in [5.74, 6) is 0. The molecule has 3 nitrogen and oxygen atoms in total. The number of urea groups is 1. The molecule has 0 radical (unpaired) electrons. The molecule has 0 saturated carbocycles. The molecular weight excluding hydrogens is 274 g/mol. The van der Waals surface area contributed by atoms with Crippen molar-refractivity contribution in [2.75, 3.05) is 13.6 Å². The Labute approximate surface area is 125 Å². The van der Waals surface area contributed by atoms with Crippen LogP contribution in [0.1, 0.15) is 32.8 Å². The van der Waals surface area contributed by atoms with Gasteiger partial charge < -0.3 is 10.2 Å². The lowest BCUT2D eigenvalue weighted by Gasteiger charge is -2.30. The second-order valence-corrected chi connectivity index (χ2v) is 6.08. The van der Waals surface area contributed by atoms with E-state index >= 15 is 0 Å². The molecule has 21 heavy (non-hydrogen) atoms. The first-order valence-corrected chi connectivity index (χ1v) is 7.07. The van der Waals surface area contributed by atoms with E-state index < -0.39 is 19.0 Å². The second kappa shape index (κ2) is 7.38. The van der Waals surface area contributed by atoms with E-state index in [0.717, 1.165) is 11.3 Å². The highest BCUT2D eigenvalue weighted by atomic mass is 19.3. The lowest BCUT2D eigenvalue weighted by Crippen LogP contribution is -2.45. The molecule has 1 unspecified atom stereocenters. The van der Waals surface area contributed by atoms with Gasteiger partial charge in [0, 0.05) is 13.1 Å². The number of carbonyl (C=O) groups is 1. The Morgan fingerprint density at radius 3 is 2.38 bits per heavy atom. The van der Waals surface area contributed by atoms with Crippen LogP contribution in [-0.2, 0) is 5.41 Å². The fourth-order valence-corrected chi connectivity index (χ4v) is 2.43. The molecule has 0 bridgehead atoms. The van der Waals surface area contributed by atoms with E-state index in [2.05, 4.69) is 31.3 Å². The molecule has 0 heterocycles. The van der Waals surface area contributed by atoms with Gasteiger partial charge in [-0.05, 0) is 24.3 Å². The van der Waals surface area contributed by atoms with Gasteiger partial charge in [0.25, 0.3) is 6.43 Å². The maximum Gasteiger partial charge on any atom is 0.317 e. The van der Waals surface area contributed by atoms with Crippen molar-refractivity contribution in [1.82, 2.24) is 10.2 Å². The van der Waals surface area contributed by atoms with E-state index in [9.17, 15) is 13.6 Å². The fourth-order valence-electron chi connectivity index (χ4n) is 2.43. The van der Waals surface area contributed by atoms with Crippen molar-refractivity contribution in [3.8, 4) is 0 Å². The van der Waals surface area contributed by atoms with Crippen molar-refractivity contribution >= 4 is 6.03 Å². The first-order valence-electron chi connectivity index (χ1n) is 7.07. The summed E-state index contributed by atoms with van der Waals surface area (Å²) in [6.07, 6.45) is -1.79. The van der Waals surface area contributed by atoms with Gasteiger partial charge in [-0.25, -0.2) is 13.6 Å². The van der Waals surface area contributed by atoms with Gasteiger partial charge in [-0.2, -0.15) is 0 Å². The number of benzene rings is 1. The molecule has 0 fully saturated rings. The Morgan fingerprint density at radius 1 is 1.29 bits per heavy atom. The van der Waals surface area contributed by atoms with Crippen LogP contribution in [0.25, 0.3) is 0 Å². The van der Waals surface area contributed by atoms with Crippen molar-refractivity contribution in [1.29, 1.82) is 0 Å². The highest BCUT2D eigenvalue weighted by Gasteiger charge is 2.25. The molecule has 1 aromatic rings. The molecule has 0 saturated heterocycles. The summed E-state index contributed by atoms with van der Waals surface area (Å²) < 4.78 is 24.5. The minimum Gasteiger partial charge on any atom is -0.336 e. The highest BCUT2D eigenvalue weighted by molar-refractivity contribution is 5.74. The van der Waals surface area contributed by atoms with Crippen LogP contribution in [0.2, 0.25) is 0 Å². The quantitative estimate of drug-likeness (QED) is 0.854. The molecule has 1 N–H and O–H groups in total. The number of hydrogen-bond acceptors (Lipinski definition) is 1. The van der Waals surface area contributed by atoms with Crippen molar-refractivity contribution in [2.24, 2.45) is 0 Å². The summed E-state index contributed by atoms with van der Waals surface area (Å²) in [6.45, 7) is 5.54. The highest BCUT2D eigenvalue weighted by Crippen LogP contribution is 2.28. The summed E-state index contributed by atoms with van der Waals surface area (Å²) >= 11 is 0. The average molecular weight is 298 g/mol. The van der Waals surface area contributed by atoms with E-state index in [1.807, 2.05) is 25.1 Å². The predicted molar refractivity (Wildman–Crippen MR) is 80.7 cm³/mol. The molecular formula is C16H24F2N2O. The molecule has 1 aromatic carbocycles. The molecule has 1 atom stereocenters. The molecule has 0 aromatic heterocycles. The third kappa shape index (κ3) is 5.69. The molecule has 118 valence electrons. The molecule has 2 amide bonds. The van der Waals surface area contributed by atoms with Gasteiger partial charge in [-0.3, -0.25) is 0 Å². The molecule has 0 aliphatic rings. The smallest absolute Gasteiger partial charge is 0.317 e. The van der Waals surface area contributed by atoms with Gasteiger partial charge in [0.2, 0.25) is 0 Å². The van der Waals surface area contributed by atoms with Crippen LogP contribution in [0, 0.1) is 0 Å². The second-order valence-electron chi connectivity index (χ2n) is 6.08. The number of halogens is 2. The van der Waals surface area contributed by atoms with Crippen molar-refractivity contribution in [2.45, 2.75) is 45.1 Å². The van der Waals surface area contributed by atoms with Crippen molar-refractivity contribution in [3.05, 3.63) is 35.9 Å². The van der Waals surface area contributed by atoms with Gasteiger partial charge in [0.05, 0.1) is 6.54 Å². The fraction of sp³-hybridized carbons (Fsp3) is 0.562. The Balaban J connectivity index is 2.57. The zero-order valence-corrected chi connectivity index (χ0v) is 13.1. The van der Waals surface area contributed by atoms with Crippen LogP contribution < -0.4 is 5.32 Å². The van der Waals surface area contributed by atoms with Gasteiger partial charge in [0.1, 0.15) is 0 Å². The van der Waals surface area contributed by atoms with E-state index in [1.165, 1.54) is 12.6 Å². The molecule has 1 rings (SSSR count). The van der Waals surface area contributed by atoms with Gasteiger partial charge in [0.15, 0.2) is 0 Å². The normalized spacial score (nSPS) is 13.1. The molecule has 0 aliphatic carbocycles. The van der Waals surface area contributed by atoms with Crippen LogP contribution >= 0.6 is 0 Å². The first-order chi connectivity index (χ1) is 9.72. The van der Waals surface area contributed by atoms with Gasteiger partial charge in [-0.15, -0.1) is 0 Å². The Kier molecular flexibility index (Phi) is 6.12. The third-order valence-corrected chi connectivity index (χ3v) is 3.50. The number of nitrogens with one attached hydrogen (secondary N) is 1. The minimum atomic E-state index is -2.52. The largest absolute Gasteiger partial charge is 0.336 e. The molecule has 0 spiro atoms. The maximum absolute atomic E-state index is 12.3. The molecule has 5 heteroatoms. The summed E-state index contributed by atoms with van der Waals surface area (Å²) in [5.41, 5.74) is 1.09. The van der Waals surface area contributed by atoms with E-state index in [4.69, 9.17) is 0 Å². The number of carbonyl (C=O) groups excluding carboxylic acids is 1. The third-order valence-electron chi connectivity index (χ3n) is 3.50.